The van der Waals surface area contributed by atoms with Crippen LogP contribution in [0.15, 0.2) is 40.1 Å². The van der Waals surface area contributed by atoms with Crippen LogP contribution in [-0.4, -0.2) is 24.6 Å². The molecular formula is C19H16Cl2N2O3S. The van der Waals surface area contributed by atoms with Crippen LogP contribution in [0.25, 0.3) is 0 Å². The van der Waals surface area contributed by atoms with E-state index in [1.165, 1.54) is 18.9 Å². The molecule has 0 saturated carbocycles. The van der Waals surface area contributed by atoms with Crippen LogP contribution in [-0.2, 0) is 14.3 Å². The molecule has 0 aromatic heterocycles. The standard InChI is InChI=1S/C19H16Cl2N2O3S/c1-26-15(25)9-27-19-11(8-22)16(10-4-2-5-12(20)18(10)21)17-13(23-19)6-3-7-14(17)24/h2,4-5,16,23H,3,6-7,9H2,1H3. The molecule has 0 bridgehead atoms. The Bertz CT molecular complexity index is 918. The van der Waals surface area contributed by atoms with Crippen molar-refractivity contribution in [2.24, 2.45) is 0 Å². The summed E-state index contributed by atoms with van der Waals surface area (Å²) < 4.78 is 4.68. The number of nitrogens with one attached hydrogen (secondary N) is 1. The van der Waals surface area contributed by atoms with E-state index in [0.29, 0.717) is 44.6 Å². The Hall–Kier alpha value is -1.94. The van der Waals surface area contributed by atoms with Gasteiger partial charge in [0.1, 0.15) is 0 Å². The van der Waals surface area contributed by atoms with E-state index < -0.39 is 11.9 Å². The molecule has 1 aromatic rings. The molecule has 2 aliphatic rings. The van der Waals surface area contributed by atoms with Gasteiger partial charge in [-0.25, -0.2) is 0 Å². The molecule has 0 radical (unpaired) electrons. The number of benzene rings is 1. The summed E-state index contributed by atoms with van der Waals surface area (Å²) >= 11 is 13.8. The summed E-state index contributed by atoms with van der Waals surface area (Å²) in [4.78, 5) is 24.3. The second kappa shape index (κ2) is 8.39. The monoisotopic (exact) mass is 422 g/mol. The van der Waals surface area contributed by atoms with E-state index in [1.54, 1.807) is 18.2 Å². The van der Waals surface area contributed by atoms with Crippen LogP contribution in [0, 0.1) is 11.3 Å². The van der Waals surface area contributed by atoms with Crippen LogP contribution in [0.4, 0.5) is 0 Å². The molecule has 140 valence electrons. The van der Waals surface area contributed by atoms with Crippen LogP contribution in [0.5, 0.6) is 0 Å². The van der Waals surface area contributed by atoms with E-state index in [4.69, 9.17) is 23.2 Å². The summed E-state index contributed by atoms with van der Waals surface area (Å²) in [7, 11) is 1.31. The van der Waals surface area contributed by atoms with Crippen molar-refractivity contribution in [2.45, 2.75) is 25.2 Å². The summed E-state index contributed by atoms with van der Waals surface area (Å²) in [6.45, 7) is 0. The van der Waals surface area contributed by atoms with Gasteiger partial charge >= 0.3 is 5.97 Å². The van der Waals surface area contributed by atoms with Gasteiger partial charge in [-0.2, -0.15) is 5.26 Å². The number of hydrogen-bond donors (Lipinski definition) is 1. The molecule has 8 heteroatoms. The van der Waals surface area contributed by atoms with Crippen molar-refractivity contribution in [3.05, 3.63) is 55.7 Å². The largest absolute Gasteiger partial charge is 0.468 e. The third-order valence-corrected chi connectivity index (χ3v) is 6.34. The van der Waals surface area contributed by atoms with Crippen molar-refractivity contribution >= 4 is 46.7 Å². The number of thioether (sulfide) groups is 1. The predicted molar refractivity (Wildman–Crippen MR) is 105 cm³/mol. The first-order chi connectivity index (χ1) is 13.0. The van der Waals surface area contributed by atoms with E-state index in [9.17, 15) is 14.9 Å². The van der Waals surface area contributed by atoms with Gasteiger partial charge in [-0.3, -0.25) is 9.59 Å². The van der Waals surface area contributed by atoms with Crippen molar-refractivity contribution in [3.63, 3.8) is 0 Å². The number of carbonyl (C=O) groups excluding carboxylic acids is 2. The lowest BCUT2D eigenvalue weighted by atomic mass is 9.77. The summed E-state index contributed by atoms with van der Waals surface area (Å²) in [5.41, 5.74) is 2.30. The normalized spacial score (nSPS) is 19.3. The molecule has 27 heavy (non-hydrogen) atoms. The van der Waals surface area contributed by atoms with Crippen molar-refractivity contribution in [1.29, 1.82) is 5.26 Å². The lowest BCUT2D eigenvalue weighted by molar-refractivity contribution is -0.137. The highest BCUT2D eigenvalue weighted by atomic mass is 35.5. The van der Waals surface area contributed by atoms with Gasteiger partial charge in [-0.1, -0.05) is 47.1 Å². The van der Waals surface area contributed by atoms with E-state index in [1.807, 2.05) is 0 Å². The minimum atomic E-state index is -0.606. The molecule has 1 heterocycles. The fourth-order valence-corrected chi connectivity index (χ4v) is 4.59. The molecule has 0 spiro atoms. The highest BCUT2D eigenvalue weighted by Crippen LogP contribution is 2.46. The topological polar surface area (TPSA) is 79.2 Å². The zero-order valence-electron chi connectivity index (χ0n) is 14.5. The first-order valence-electron chi connectivity index (χ1n) is 8.29. The van der Waals surface area contributed by atoms with E-state index in [2.05, 4.69) is 16.1 Å². The van der Waals surface area contributed by atoms with Crippen LogP contribution in [0.2, 0.25) is 10.0 Å². The number of nitrogens with zero attached hydrogens (tertiary/aromatic N) is 1. The molecule has 0 fully saturated rings. The van der Waals surface area contributed by atoms with Crippen LogP contribution in [0.1, 0.15) is 30.7 Å². The summed E-state index contributed by atoms with van der Waals surface area (Å²) in [5, 5.41) is 14.3. The van der Waals surface area contributed by atoms with Crippen molar-refractivity contribution < 1.29 is 14.3 Å². The molecule has 5 nitrogen and oxygen atoms in total. The van der Waals surface area contributed by atoms with Gasteiger partial charge in [0.2, 0.25) is 0 Å². The van der Waals surface area contributed by atoms with Gasteiger partial charge in [0.25, 0.3) is 0 Å². The fourth-order valence-electron chi connectivity index (χ4n) is 3.28. The molecule has 1 unspecified atom stereocenters. The molecule has 1 atom stereocenters. The van der Waals surface area contributed by atoms with Gasteiger partial charge in [0.15, 0.2) is 5.78 Å². The van der Waals surface area contributed by atoms with Crippen LogP contribution < -0.4 is 5.32 Å². The number of carbonyl (C=O) groups is 2. The minimum Gasteiger partial charge on any atom is -0.468 e. The van der Waals surface area contributed by atoms with E-state index in [0.717, 1.165) is 12.1 Å². The Kier molecular flexibility index (Phi) is 6.15. The number of methoxy groups -OCH3 is 1. The second-order valence-electron chi connectivity index (χ2n) is 6.09. The van der Waals surface area contributed by atoms with Gasteiger partial charge in [-0.05, 0) is 24.5 Å². The van der Waals surface area contributed by atoms with Crippen molar-refractivity contribution in [3.8, 4) is 6.07 Å². The summed E-state index contributed by atoms with van der Waals surface area (Å²) in [5.74, 6) is -0.959. The average Bonchev–Trinajstić information content (AvgIpc) is 2.67. The Morgan fingerprint density at radius 2 is 2.19 bits per heavy atom. The number of allylic oxidation sites excluding steroid dienone is 3. The number of ether oxygens (including phenoxy) is 1. The predicted octanol–water partition coefficient (Wildman–Crippen LogP) is 4.33. The zero-order chi connectivity index (χ0) is 19.6. The van der Waals surface area contributed by atoms with Gasteiger partial charge in [0, 0.05) is 17.7 Å². The highest BCUT2D eigenvalue weighted by Gasteiger charge is 2.38. The third kappa shape index (κ3) is 3.86. The van der Waals surface area contributed by atoms with Crippen molar-refractivity contribution in [2.75, 3.05) is 12.9 Å². The molecule has 1 aliphatic heterocycles. The molecule has 1 aromatic carbocycles. The second-order valence-corrected chi connectivity index (χ2v) is 7.86. The van der Waals surface area contributed by atoms with E-state index in [-0.39, 0.29) is 11.5 Å². The fraction of sp³-hybridized carbons (Fsp3) is 0.316. The van der Waals surface area contributed by atoms with Gasteiger partial charge in [0.05, 0.1) is 45.5 Å². The van der Waals surface area contributed by atoms with Gasteiger partial charge < -0.3 is 10.1 Å². The minimum absolute atomic E-state index is 0.00504. The summed E-state index contributed by atoms with van der Waals surface area (Å²) in [6.07, 6.45) is 1.85. The highest BCUT2D eigenvalue weighted by molar-refractivity contribution is 8.03. The zero-order valence-corrected chi connectivity index (χ0v) is 16.8. The molecular weight excluding hydrogens is 407 g/mol. The van der Waals surface area contributed by atoms with Crippen molar-refractivity contribution in [1.82, 2.24) is 5.32 Å². The molecule has 0 saturated heterocycles. The van der Waals surface area contributed by atoms with Crippen LogP contribution in [0.3, 0.4) is 0 Å². The number of rotatable bonds is 4. The number of dihydropyridines is 1. The smallest absolute Gasteiger partial charge is 0.316 e. The first kappa shape index (κ1) is 19.8. The van der Waals surface area contributed by atoms with Crippen LogP contribution >= 0.6 is 35.0 Å². The molecule has 0 amide bonds. The number of halogens is 2. The Morgan fingerprint density at radius 1 is 1.41 bits per heavy atom. The number of nitriles is 1. The maximum atomic E-state index is 12.7. The maximum Gasteiger partial charge on any atom is 0.316 e. The maximum absolute atomic E-state index is 12.7. The lowest BCUT2D eigenvalue weighted by Gasteiger charge is -2.33. The summed E-state index contributed by atoms with van der Waals surface area (Å²) in [6, 6.07) is 7.38. The first-order valence-corrected chi connectivity index (χ1v) is 10.0. The number of esters is 1. The number of hydrogen-bond acceptors (Lipinski definition) is 6. The van der Waals surface area contributed by atoms with Gasteiger partial charge in [-0.15, -0.1) is 0 Å². The average molecular weight is 423 g/mol. The Labute approximate surface area is 171 Å². The Balaban J connectivity index is 2.14. The number of ketones is 1. The lowest BCUT2D eigenvalue weighted by Crippen LogP contribution is -2.31. The SMILES string of the molecule is COC(=O)CSC1=C(C#N)C(c2cccc(Cl)c2Cl)C2=C(CCCC2=O)N1. The molecule has 3 rings (SSSR count). The Morgan fingerprint density at radius 3 is 2.89 bits per heavy atom. The number of Topliss-reactive ketones (excluding diaryl/α,β-unsaturated/α-hetero) is 1. The van der Waals surface area contributed by atoms with E-state index >= 15 is 0 Å². The quantitative estimate of drug-likeness (QED) is 0.727. The third-order valence-electron chi connectivity index (χ3n) is 4.52. The molecule has 1 aliphatic carbocycles. The molecule has 1 N–H and O–H groups in total.